The Labute approximate surface area is 168 Å². The van der Waals surface area contributed by atoms with E-state index in [1.807, 2.05) is 23.9 Å². The summed E-state index contributed by atoms with van der Waals surface area (Å²) in [6, 6.07) is 7.56. The average molecular weight is 391 g/mol. The highest BCUT2D eigenvalue weighted by atomic mass is 16.5. The fourth-order valence-electron chi connectivity index (χ4n) is 3.71. The Morgan fingerprint density at radius 2 is 2.24 bits per heavy atom. The van der Waals surface area contributed by atoms with Gasteiger partial charge in [0.1, 0.15) is 11.4 Å². The minimum atomic E-state index is -0.658. The molecule has 0 bridgehead atoms. The fourth-order valence-corrected chi connectivity index (χ4v) is 3.71. The van der Waals surface area contributed by atoms with Crippen LogP contribution >= 0.6 is 0 Å². The molecule has 29 heavy (non-hydrogen) atoms. The number of nitrogens with one attached hydrogen (secondary N) is 1. The molecule has 0 saturated carbocycles. The molecule has 1 amide bonds. The lowest BCUT2D eigenvalue weighted by Gasteiger charge is -2.25. The van der Waals surface area contributed by atoms with Crippen LogP contribution < -0.4 is 5.32 Å². The van der Waals surface area contributed by atoms with Crippen molar-refractivity contribution in [2.75, 3.05) is 25.6 Å². The van der Waals surface area contributed by atoms with Gasteiger partial charge in [-0.1, -0.05) is 0 Å². The first kappa shape index (κ1) is 19.1. The summed E-state index contributed by atoms with van der Waals surface area (Å²) in [5.41, 5.74) is 2.93. The smallest absolute Gasteiger partial charge is 0.222 e. The summed E-state index contributed by atoms with van der Waals surface area (Å²) in [6.07, 6.45) is 4.33. The second-order valence-corrected chi connectivity index (χ2v) is 7.16. The molecule has 0 aliphatic carbocycles. The number of carbonyl (C=O) groups excluding carboxylic acids is 1. The van der Waals surface area contributed by atoms with Gasteiger partial charge < -0.3 is 19.4 Å². The van der Waals surface area contributed by atoms with Crippen molar-refractivity contribution in [3.63, 3.8) is 0 Å². The van der Waals surface area contributed by atoms with Crippen molar-refractivity contribution in [2.45, 2.75) is 18.9 Å². The molecule has 1 aliphatic heterocycles. The Morgan fingerprint density at radius 3 is 2.90 bits per heavy atom. The van der Waals surface area contributed by atoms with Crippen LogP contribution in [0.4, 0.5) is 5.82 Å². The van der Waals surface area contributed by atoms with Crippen molar-refractivity contribution in [2.24, 2.45) is 7.05 Å². The number of hydrogen-bond acceptors (Lipinski definition) is 6. The van der Waals surface area contributed by atoms with Gasteiger partial charge >= 0.3 is 0 Å². The van der Waals surface area contributed by atoms with Crippen molar-refractivity contribution < 1.29 is 14.3 Å². The number of pyridine rings is 2. The first-order valence-corrected chi connectivity index (χ1v) is 9.24. The predicted molar refractivity (Wildman–Crippen MR) is 107 cm³/mol. The van der Waals surface area contributed by atoms with Gasteiger partial charge in [-0.05, 0) is 18.2 Å². The second-order valence-electron chi connectivity index (χ2n) is 7.16. The zero-order valence-electron chi connectivity index (χ0n) is 16.5. The van der Waals surface area contributed by atoms with Gasteiger partial charge in [-0.15, -0.1) is 0 Å². The third-order valence-corrected chi connectivity index (χ3v) is 5.25. The number of ether oxygens (including phenoxy) is 2. The first-order valence-electron chi connectivity index (χ1n) is 9.24. The van der Waals surface area contributed by atoms with Gasteiger partial charge in [0.05, 0.1) is 41.3 Å². The molecule has 1 saturated heterocycles. The van der Waals surface area contributed by atoms with E-state index in [-0.39, 0.29) is 5.91 Å². The third kappa shape index (κ3) is 3.35. The molecule has 3 aromatic rings. The molecule has 1 aliphatic rings. The Hall–Kier alpha value is -3.28. The second kappa shape index (κ2) is 7.28. The van der Waals surface area contributed by atoms with E-state index in [2.05, 4.69) is 16.4 Å². The normalized spacial score (nSPS) is 18.7. The third-order valence-electron chi connectivity index (χ3n) is 5.25. The molecular formula is C21H21N5O3. The van der Waals surface area contributed by atoms with Gasteiger partial charge in [0, 0.05) is 51.3 Å². The maximum Gasteiger partial charge on any atom is 0.222 e. The number of carbonyl (C=O) groups is 1. The highest BCUT2D eigenvalue weighted by Gasteiger charge is 2.39. The highest BCUT2D eigenvalue weighted by Crippen LogP contribution is 2.36. The maximum atomic E-state index is 11.4. The number of aryl methyl sites for hydroxylation is 1. The predicted octanol–water partition coefficient (Wildman–Crippen LogP) is 2.73. The van der Waals surface area contributed by atoms with Crippen LogP contribution in [0.25, 0.3) is 22.2 Å². The summed E-state index contributed by atoms with van der Waals surface area (Å²) in [4.78, 5) is 20.6. The van der Waals surface area contributed by atoms with Crippen LogP contribution in [0, 0.1) is 11.3 Å². The van der Waals surface area contributed by atoms with Gasteiger partial charge in [-0.2, -0.15) is 5.26 Å². The minimum Gasteiger partial charge on any atom is -0.378 e. The number of aromatic nitrogens is 3. The quantitative estimate of drug-likeness (QED) is 0.734. The summed E-state index contributed by atoms with van der Waals surface area (Å²) in [5.74, 6) is 0.274. The summed E-state index contributed by atoms with van der Waals surface area (Å²) in [5, 5.41) is 13.2. The number of nitrogens with zero attached hydrogens (tertiary/aromatic N) is 4. The number of nitriles is 1. The Morgan fingerprint density at radius 1 is 1.41 bits per heavy atom. The fraction of sp³-hybridized carbons (Fsp3) is 0.333. The van der Waals surface area contributed by atoms with E-state index >= 15 is 0 Å². The summed E-state index contributed by atoms with van der Waals surface area (Å²) >= 11 is 0. The molecule has 0 radical (unpaired) electrons. The van der Waals surface area contributed by atoms with Gasteiger partial charge in [0.15, 0.2) is 0 Å². The highest BCUT2D eigenvalue weighted by molar-refractivity contribution is 5.98. The minimum absolute atomic E-state index is 0.190. The number of methoxy groups -OCH3 is 1. The number of hydrogen-bond donors (Lipinski definition) is 1. The van der Waals surface area contributed by atoms with Gasteiger partial charge in [0.25, 0.3) is 0 Å². The number of fused-ring (bicyclic) bond motifs is 1. The van der Waals surface area contributed by atoms with Crippen LogP contribution in [0.5, 0.6) is 0 Å². The molecule has 148 valence electrons. The van der Waals surface area contributed by atoms with Crippen molar-refractivity contribution in [1.82, 2.24) is 14.5 Å². The van der Waals surface area contributed by atoms with E-state index in [1.165, 1.54) is 6.92 Å². The zero-order chi connectivity index (χ0) is 20.6. The maximum absolute atomic E-state index is 11.4. The number of rotatable bonds is 4. The molecule has 0 spiro atoms. The van der Waals surface area contributed by atoms with Crippen molar-refractivity contribution >= 4 is 22.6 Å². The SMILES string of the molecule is COC1(c2cc(C#N)cc(-c3cn(C)c4cnc(NC(C)=O)cc34)n2)CCOC1. The Kier molecular flexibility index (Phi) is 4.78. The van der Waals surface area contributed by atoms with Gasteiger partial charge in [0.2, 0.25) is 5.91 Å². The lowest BCUT2D eigenvalue weighted by molar-refractivity contribution is -0.114. The largest absolute Gasteiger partial charge is 0.378 e. The summed E-state index contributed by atoms with van der Waals surface area (Å²) in [6.45, 7) is 2.43. The molecule has 1 fully saturated rings. The van der Waals surface area contributed by atoms with Crippen LogP contribution in [-0.4, -0.2) is 40.8 Å². The van der Waals surface area contributed by atoms with Crippen LogP contribution in [0.3, 0.4) is 0 Å². The van der Waals surface area contributed by atoms with E-state index < -0.39 is 5.60 Å². The Bertz CT molecular complexity index is 1140. The molecular weight excluding hydrogens is 370 g/mol. The van der Waals surface area contributed by atoms with Crippen LogP contribution in [0.1, 0.15) is 24.6 Å². The molecule has 4 rings (SSSR count). The van der Waals surface area contributed by atoms with E-state index in [0.29, 0.717) is 42.4 Å². The molecule has 4 heterocycles. The molecule has 0 aromatic carbocycles. The van der Waals surface area contributed by atoms with E-state index in [0.717, 1.165) is 16.5 Å². The lowest BCUT2D eigenvalue weighted by atomic mass is 9.95. The van der Waals surface area contributed by atoms with Crippen molar-refractivity contribution in [1.29, 1.82) is 5.26 Å². The van der Waals surface area contributed by atoms with Crippen LogP contribution in [0.2, 0.25) is 0 Å². The number of amides is 1. The molecule has 1 unspecified atom stereocenters. The Balaban J connectivity index is 1.90. The molecule has 8 heteroatoms. The van der Waals surface area contributed by atoms with Gasteiger partial charge in [-0.25, -0.2) is 9.97 Å². The van der Waals surface area contributed by atoms with Crippen LogP contribution in [-0.2, 0) is 26.9 Å². The van der Waals surface area contributed by atoms with E-state index in [1.54, 1.807) is 25.4 Å². The molecule has 1 N–H and O–H groups in total. The monoisotopic (exact) mass is 391 g/mol. The van der Waals surface area contributed by atoms with E-state index in [9.17, 15) is 10.1 Å². The van der Waals surface area contributed by atoms with Crippen molar-refractivity contribution in [3.05, 3.63) is 41.9 Å². The first-order chi connectivity index (χ1) is 14.0. The average Bonchev–Trinajstić information content (AvgIpc) is 3.33. The molecule has 8 nitrogen and oxygen atoms in total. The van der Waals surface area contributed by atoms with E-state index in [4.69, 9.17) is 14.5 Å². The zero-order valence-corrected chi connectivity index (χ0v) is 16.5. The molecule has 3 aromatic heterocycles. The standard InChI is InChI=1S/C21H21N5O3/c1-13(27)24-20-8-15-16(11-26(2)18(15)10-23-20)17-6-14(9-22)7-19(25-17)21(28-3)4-5-29-12-21/h6-8,10-11H,4-5,12H2,1-3H3,(H,23,24,27). The lowest BCUT2D eigenvalue weighted by Crippen LogP contribution is -2.30. The van der Waals surface area contributed by atoms with Crippen LogP contribution in [0.15, 0.2) is 30.6 Å². The molecule has 1 atom stereocenters. The van der Waals surface area contributed by atoms with Crippen molar-refractivity contribution in [3.8, 4) is 17.3 Å². The summed E-state index contributed by atoms with van der Waals surface area (Å²) < 4.78 is 13.3. The van der Waals surface area contributed by atoms with Gasteiger partial charge in [-0.3, -0.25) is 4.79 Å². The summed E-state index contributed by atoms with van der Waals surface area (Å²) in [7, 11) is 3.56. The topological polar surface area (TPSA) is 102 Å². The number of anilines is 1.